The molecule has 0 amide bonds. The second kappa shape index (κ2) is 7.43. The molecule has 1 atom stereocenters. The van der Waals surface area contributed by atoms with Crippen molar-refractivity contribution in [3.8, 4) is 6.07 Å². The highest BCUT2D eigenvalue weighted by molar-refractivity contribution is 7.12. The largest absolute Gasteiger partial charge is 0.384 e. The average molecular weight is 420 g/mol. The number of nitrogens with zero attached hydrogens (tertiary/aromatic N) is 3. The lowest BCUT2D eigenvalue weighted by Crippen LogP contribution is -2.39. The van der Waals surface area contributed by atoms with Crippen molar-refractivity contribution in [1.82, 2.24) is 0 Å². The minimum Gasteiger partial charge on any atom is -0.384 e. The third kappa shape index (κ3) is 2.99. The minimum atomic E-state index is -0.540. The van der Waals surface area contributed by atoms with Gasteiger partial charge in [-0.25, -0.2) is 0 Å². The standard InChI is InChI=1S/C22H20N4O3S/c1-12-10-14(13(2)30-12)20-15(11-23)22(24)25(18-8-5-9-19(27)21(18)20)16-6-3-4-7-17(16)26(28)29/h3-4,6-7,10,20H,5,8-9,24H2,1-2H3/t20-/m0/s1. The van der Waals surface area contributed by atoms with E-state index >= 15 is 0 Å². The van der Waals surface area contributed by atoms with Crippen LogP contribution in [0.4, 0.5) is 11.4 Å². The predicted molar refractivity (Wildman–Crippen MR) is 115 cm³/mol. The number of ketones is 1. The lowest BCUT2D eigenvalue weighted by molar-refractivity contribution is -0.384. The topological polar surface area (TPSA) is 113 Å². The number of Topliss-reactive ketones (excluding diaryl/α,β-unsaturated/α-hetero) is 1. The van der Waals surface area contributed by atoms with Gasteiger partial charge in [-0.3, -0.25) is 19.8 Å². The number of nitriles is 1. The number of aryl methyl sites for hydroxylation is 2. The number of allylic oxidation sites excluding steroid dienone is 3. The normalized spacial score (nSPS) is 19.0. The summed E-state index contributed by atoms with van der Waals surface area (Å²) in [5.74, 6) is -0.427. The number of thiophene rings is 1. The maximum absolute atomic E-state index is 13.1. The number of hydrogen-bond acceptors (Lipinski definition) is 7. The quantitative estimate of drug-likeness (QED) is 0.574. The van der Waals surface area contributed by atoms with Crippen LogP contribution in [-0.2, 0) is 4.79 Å². The summed E-state index contributed by atoms with van der Waals surface area (Å²) in [6, 6.07) is 10.5. The highest BCUT2D eigenvalue weighted by Crippen LogP contribution is 2.49. The van der Waals surface area contributed by atoms with Crippen LogP contribution in [0.3, 0.4) is 0 Å². The molecule has 1 aromatic heterocycles. The second-order valence-corrected chi connectivity index (χ2v) is 8.89. The molecule has 1 aromatic carbocycles. The van der Waals surface area contributed by atoms with E-state index in [1.54, 1.807) is 34.4 Å². The molecule has 152 valence electrons. The van der Waals surface area contributed by atoms with Crippen molar-refractivity contribution in [3.63, 3.8) is 0 Å². The number of nitro benzene ring substituents is 1. The molecule has 0 unspecified atom stereocenters. The zero-order valence-electron chi connectivity index (χ0n) is 16.6. The van der Waals surface area contributed by atoms with E-state index in [2.05, 4.69) is 6.07 Å². The smallest absolute Gasteiger partial charge is 0.293 e. The number of benzene rings is 1. The maximum atomic E-state index is 13.1. The van der Waals surface area contributed by atoms with Crippen LogP contribution in [0, 0.1) is 35.3 Å². The van der Waals surface area contributed by atoms with Crippen LogP contribution < -0.4 is 10.6 Å². The van der Waals surface area contributed by atoms with E-state index in [1.165, 1.54) is 6.07 Å². The Hall–Kier alpha value is -3.44. The van der Waals surface area contributed by atoms with E-state index in [0.717, 1.165) is 15.3 Å². The van der Waals surface area contributed by atoms with Gasteiger partial charge in [-0.2, -0.15) is 5.26 Å². The monoisotopic (exact) mass is 420 g/mol. The SMILES string of the molecule is Cc1cc([C@H]2C(C#N)=C(N)N(c3ccccc3[N+](=O)[O-])C3=C2C(=O)CCC3)c(C)s1. The van der Waals surface area contributed by atoms with Gasteiger partial charge in [0.15, 0.2) is 5.78 Å². The van der Waals surface area contributed by atoms with Gasteiger partial charge in [0.25, 0.3) is 5.69 Å². The molecule has 1 aliphatic heterocycles. The number of para-hydroxylation sites is 2. The third-order valence-electron chi connectivity index (χ3n) is 5.62. The molecule has 8 heteroatoms. The van der Waals surface area contributed by atoms with Crippen molar-refractivity contribution < 1.29 is 9.72 Å². The lowest BCUT2D eigenvalue weighted by Gasteiger charge is -2.39. The molecule has 2 aliphatic rings. The van der Waals surface area contributed by atoms with Gasteiger partial charge in [0.1, 0.15) is 11.5 Å². The van der Waals surface area contributed by atoms with Crippen LogP contribution in [0.15, 0.2) is 53.0 Å². The molecule has 2 heterocycles. The molecule has 0 saturated carbocycles. The summed E-state index contributed by atoms with van der Waals surface area (Å²) in [5.41, 5.74) is 8.99. The number of nitro groups is 1. The van der Waals surface area contributed by atoms with Gasteiger partial charge in [-0.05, 0) is 44.4 Å². The van der Waals surface area contributed by atoms with Crippen LogP contribution in [0.25, 0.3) is 0 Å². The molecule has 2 N–H and O–H groups in total. The first-order valence-electron chi connectivity index (χ1n) is 9.61. The molecule has 1 aliphatic carbocycles. The lowest BCUT2D eigenvalue weighted by atomic mass is 9.75. The van der Waals surface area contributed by atoms with Gasteiger partial charge in [-0.1, -0.05) is 12.1 Å². The summed E-state index contributed by atoms with van der Waals surface area (Å²) in [5, 5.41) is 21.7. The fourth-order valence-corrected chi connectivity index (χ4v) is 5.38. The Morgan fingerprint density at radius 3 is 2.67 bits per heavy atom. The first-order chi connectivity index (χ1) is 14.3. The minimum absolute atomic E-state index is 0.0339. The van der Waals surface area contributed by atoms with Crippen LogP contribution in [0.5, 0.6) is 0 Å². The van der Waals surface area contributed by atoms with E-state index < -0.39 is 10.8 Å². The zero-order chi connectivity index (χ0) is 21.6. The second-order valence-electron chi connectivity index (χ2n) is 7.43. The Labute approximate surface area is 177 Å². The van der Waals surface area contributed by atoms with Crippen molar-refractivity contribution in [2.24, 2.45) is 5.73 Å². The van der Waals surface area contributed by atoms with E-state index in [4.69, 9.17) is 5.73 Å². The molecule has 7 nitrogen and oxygen atoms in total. The number of anilines is 1. The maximum Gasteiger partial charge on any atom is 0.293 e. The first kappa shape index (κ1) is 19.9. The Morgan fingerprint density at radius 2 is 2.03 bits per heavy atom. The molecule has 0 saturated heterocycles. The molecular formula is C22H20N4O3S. The summed E-state index contributed by atoms with van der Waals surface area (Å²) in [7, 11) is 0. The summed E-state index contributed by atoms with van der Waals surface area (Å²) >= 11 is 1.61. The van der Waals surface area contributed by atoms with E-state index in [9.17, 15) is 20.2 Å². The summed E-state index contributed by atoms with van der Waals surface area (Å²) in [4.78, 5) is 28.0. The number of hydrogen-bond donors (Lipinski definition) is 1. The van der Waals surface area contributed by atoms with Crippen LogP contribution in [0.1, 0.15) is 40.5 Å². The molecule has 30 heavy (non-hydrogen) atoms. The van der Waals surface area contributed by atoms with Gasteiger partial charge in [-0.15, -0.1) is 11.3 Å². The molecule has 0 fully saturated rings. The Kier molecular flexibility index (Phi) is 4.92. The van der Waals surface area contributed by atoms with Crippen LogP contribution in [-0.4, -0.2) is 10.7 Å². The summed E-state index contributed by atoms with van der Waals surface area (Å²) in [6.45, 7) is 3.96. The number of carbonyl (C=O) groups excluding carboxylic acids is 1. The van der Waals surface area contributed by atoms with Crippen LogP contribution in [0.2, 0.25) is 0 Å². The third-order valence-corrected chi connectivity index (χ3v) is 6.60. The highest BCUT2D eigenvalue weighted by Gasteiger charge is 2.42. The highest BCUT2D eigenvalue weighted by atomic mass is 32.1. The van der Waals surface area contributed by atoms with Crippen LogP contribution >= 0.6 is 11.3 Å². The fourth-order valence-electron chi connectivity index (χ4n) is 4.42. The Balaban J connectivity index is 2.03. The Bertz CT molecular complexity index is 1190. The van der Waals surface area contributed by atoms with Crippen molar-refractivity contribution in [2.45, 2.75) is 39.0 Å². The van der Waals surface area contributed by atoms with E-state index in [-0.39, 0.29) is 28.6 Å². The number of nitrogens with two attached hydrogens (primary N) is 1. The summed E-state index contributed by atoms with van der Waals surface area (Å²) < 4.78 is 0. The molecule has 0 bridgehead atoms. The first-order valence-corrected chi connectivity index (χ1v) is 10.4. The average Bonchev–Trinajstić information content (AvgIpc) is 3.05. The molecule has 0 radical (unpaired) electrons. The predicted octanol–water partition coefficient (Wildman–Crippen LogP) is 4.58. The molecule has 0 spiro atoms. The van der Waals surface area contributed by atoms with E-state index in [0.29, 0.717) is 30.5 Å². The van der Waals surface area contributed by atoms with Gasteiger partial charge in [0.2, 0.25) is 0 Å². The fraction of sp³-hybridized carbons (Fsp3) is 0.273. The van der Waals surface area contributed by atoms with Gasteiger partial charge in [0.05, 0.1) is 22.5 Å². The Morgan fingerprint density at radius 1 is 1.30 bits per heavy atom. The van der Waals surface area contributed by atoms with Crippen molar-refractivity contribution >= 4 is 28.5 Å². The number of rotatable bonds is 3. The van der Waals surface area contributed by atoms with Gasteiger partial charge >= 0.3 is 0 Å². The zero-order valence-corrected chi connectivity index (χ0v) is 17.5. The van der Waals surface area contributed by atoms with Gasteiger partial charge in [0, 0.05) is 33.5 Å². The molecule has 2 aromatic rings. The van der Waals surface area contributed by atoms with Crippen molar-refractivity contribution in [3.05, 3.63) is 78.4 Å². The van der Waals surface area contributed by atoms with Gasteiger partial charge < -0.3 is 5.73 Å². The van der Waals surface area contributed by atoms with Crippen molar-refractivity contribution in [1.29, 1.82) is 5.26 Å². The molecule has 4 rings (SSSR count). The molecular weight excluding hydrogens is 400 g/mol. The van der Waals surface area contributed by atoms with E-state index in [1.807, 2.05) is 19.9 Å². The summed E-state index contributed by atoms with van der Waals surface area (Å²) in [6.07, 6.45) is 1.59. The van der Waals surface area contributed by atoms with Crippen molar-refractivity contribution in [2.75, 3.05) is 4.90 Å². The number of carbonyl (C=O) groups is 1.